The molecular formula is C79H55N5. The molecule has 4 heterocycles. The first kappa shape index (κ1) is 49.0. The molecule has 396 valence electrons. The van der Waals surface area contributed by atoms with Gasteiger partial charge in [0.15, 0.2) is 5.82 Å². The lowest BCUT2D eigenvalue weighted by Gasteiger charge is -2.22. The molecule has 0 bridgehead atoms. The quantitative estimate of drug-likeness (QED) is 0.145. The minimum absolute atomic E-state index is 0.669. The van der Waals surface area contributed by atoms with E-state index in [1.165, 1.54) is 82.2 Å². The van der Waals surface area contributed by atoms with Gasteiger partial charge in [-0.1, -0.05) is 200 Å². The van der Waals surface area contributed by atoms with Crippen LogP contribution in [0.25, 0.3) is 150 Å². The summed E-state index contributed by atoms with van der Waals surface area (Å²) in [5.41, 5.74) is 25.5. The Morgan fingerprint density at radius 2 is 0.631 bits per heavy atom. The second-order valence-electron chi connectivity index (χ2n) is 22.3. The van der Waals surface area contributed by atoms with Gasteiger partial charge in [-0.2, -0.15) is 0 Å². The zero-order valence-electron chi connectivity index (χ0n) is 46.8. The molecule has 12 aromatic carbocycles. The van der Waals surface area contributed by atoms with Crippen LogP contribution in [-0.4, -0.2) is 23.7 Å². The lowest BCUT2D eigenvalue weighted by Crippen LogP contribution is -2.03. The van der Waals surface area contributed by atoms with Gasteiger partial charge in [-0.15, -0.1) is 0 Å². The fraction of sp³-hybridized carbons (Fsp3) is 0.0380. The van der Waals surface area contributed by atoms with Gasteiger partial charge in [0.25, 0.3) is 0 Å². The van der Waals surface area contributed by atoms with E-state index >= 15 is 0 Å². The fourth-order valence-corrected chi connectivity index (χ4v) is 13.5. The van der Waals surface area contributed by atoms with Gasteiger partial charge in [0, 0.05) is 71.5 Å². The van der Waals surface area contributed by atoms with Gasteiger partial charge in [0.05, 0.1) is 50.2 Å². The third-order valence-electron chi connectivity index (χ3n) is 17.1. The van der Waals surface area contributed by atoms with Crippen molar-refractivity contribution in [3.63, 3.8) is 0 Å². The molecule has 0 unspecified atom stereocenters. The summed E-state index contributed by atoms with van der Waals surface area (Å²) in [6.45, 7) is 6.67. The molecule has 0 saturated heterocycles. The topological polar surface area (TPSA) is 40.6 Å². The number of nitrogens with zero attached hydrogens (tertiary/aromatic N) is 5. The number of aromatic nitrogens is 5. The number of para-hydroxylation sites is 5. The first-order chi connectivity index (χ1) is 41.4. The maximum Gasteiger partial charge on any atom is 0.160 e. The molecule has 0 N–H and O–H groups in total. The van der Waals surface area contributed by atoms with Crippen LogP contribution in [-0.2, 0) is 0 Å². The highest BCUT2D eigenvalue weighted by molar-refractivity contribution is 6.13. The molecule has 5 nitrogen and oxygen atoms in total. The number of fused-ring (bicyclic) bond motifs is 9. The van der Waals surface area contributed by atoms with E-state index in [4.69, 9.17) is 9.97 Å². The summed E-state index contributed by atoms with van der Waals surface area (Å²) in [5.74, 6) is 0.669. The largest absolute Gasteiger partial charge is 0.309 e. The second-order valence-corrected chi connectivity index (χ2v) is 22.3. The molecule has 0 atom stereocenters. The van der Waals surface area contributed by atoms with Crippen LogP contribution in [0.3, 0.4) is 0 Å². The Labute approximate surface area is 487 Å². The number of rotatable bonds is 9. The highest BCUT2D eigenvalue weighted by Crippen LogP contribution is 2.46. The maximum absolute atomic E-state index is 5.51. The zero-order chi connectivity index (χ0) is 56.0. The van der Waals surface area contributed by atoms with Crippen molar-refractivity contribution in [2.24, 2.45) is 0 Å². The molecule has 0 saturated carbocycles. The Morgan fingerprint density at radius 1 is 0.262 bits per heavy atom. The zero-order valence-corrected chi connectivity index (χ0v) is 46.8. The molecule has 0 radical (unpaired) electrons. The predicted octanol–water partition coefficient (Wildman–Crippen LogP) is 20.7. The third-order valence-corrected chi connectivity index (χ3v) is 17.1. The van der Waals surface area contributed by atoms with Crippen LogP contribution < -0.4 is 0 Å². The van der Waals surface area contributed by atoms with Crippen LogP contribution in [0.5, 0.6) is 0 Å². The Hall–Kier alpha value is -10.9. The van der Waals surface area contributed by atoms with E-state index in [1.807, 2.05) is 6.07 Å². The van der Waals surface area contributed by atoms with Crippen molar-refractivity contribution in [2.45, 2.75) is 20.8 Å². The number of aryl methyl sites for hydroxylation is 3. The highest BCUT2D eigenvalue weighted by atomic mass is 15.0. The Balaban J connectivity index is 0.997. The molecule has 0 aliphatic heterocycles. The van der Waals surface area contributed by atoms with Crippen LogP contribution in [0, 0.1) is 20.8 Å². The van der Waals surface area contributed by atoms with Gasteiger partial charge in [-0.3, -0.25) is 0 Å². The van der Waals surface area contributed by atoms with Crippen molar-refractivity contribution < 1.29 is 0 Å². The van der Waals surface area contributed by atoms with Crippen molar-refractivity contribution >= 4 is 65.4 Å². The average Bonchev–Trinajstić information content (AvgIpc) is 2.64. The number of hydrogen-bond donors (Lipinski definition) is 0. The SMILES string of the molecule is Cc1cc(C)c(-c2ccc3c(c2)c2ccccc2n3-c2c(-c3ccc(-n4c5ccccc5c5ccccc54)cc3)cc(-c3cc(-c4ccccc4)nc(-c4ccccc4)n3)cc2-c2ccc(-n3c4ccccc4c4ccccc43)cc2)c(C)c1. The van der Waals surface area contributed by atoms with E-state index in [9.17, 15) is 0 Å². The third kappa shape index (κ3) is 8.00. The molecular weight excluding hydrogens is 1020 g/mol. The molecule has 0 aliphatic carbocycles. The Morgan fingerprint density at radius 3 is 1.10 bits per heavy atom. The first-order valence-electron chi connectivity index (χ1n) is 28.9. The summed E-state index contributed by atoms with van der Waals surface area (Å²) in [5, 5.41) is 7.32. The van der Waals surface area contributed by atoms with E-state index in [-0.39, 0.29) is 0 Å². The molecule has 0 amide bonds. The van der Waals surface area contributed by atoms with Gasteiger partial charge < -0.3 is 13.7 Å². The van der Waals surface area contributed by atoms with E-state index in [0.717, 1.165) is 78.4 Å². The van der Waals surface area contributed by atoms with Gasteiger partial charge in [-0.25, -0.2) is 9.97 Å². The van der Waals surface area contributed by atoms with Gasteiger partial charge in [-0.05, 0) is 139 Å². The first-order valence-corrected chi connectivity index (χ1v) is 28.9. The van der Waals surface area contributed by atoms with E-state index in [0.29, 0.717) is 5.82 Å². The second kappa shape index (κ2) is 19.7. The summed E-state index contributed by atoms with van der Waals surface area (Å²) in [6.07, 6.45) is 0. The summed E-state index contributed by atoms with van der Waals surface area (Å²) in [6, 6.07) is 102. The summed E-state index contributed by atoms with van der Waals surface area (Å²) < 4.78 is 7.33. The van der Waals surface area contributed by atoms with Crippen LogP contribution in [0.2, 0.25) is 0 Å². The highest BCUT2D eigenvalue weighted by Gasteiger charge is 2.25. The molecule has 16 rings (SSSR count). The van der Waals surface area contributed by atoms with E-state index in [2.05, 4.69) is 307 Å². The molecule has 0 aliphatic rings. The monoisotopic (exact) mass is 1070 g/mol. The Kier molecular flexibility index (Phi) is 11.5. The van der Waals surface area contributed by atoms with Crippen molar-refractivity contribution in [2.75, 3.05) is 0 Å². The van der Waals surface area contributed by atoms with Crippen molar-refractivity contribution in [1.82, 2.24) is 23.7 Å². The molecule has 4 aromatic heterocycles. The van der Waals surface area contributed by atoms with Crippen molar-refractivity contribution in [3.8, 4) is 84.3 Å². The van der Waals surface area contributed by atoms with Gasteiger partial charge >= 0.3 is 0 Å². The lowest BCUT2D eigenvalue weighted by atomic mass is 9.91. The minimum Gasteiger partial charge on any atom is -0.309 e. The molecule has 0 fully saturated rings. The predicted molar refractivity (Wildman–Crippen MR) is 352 cm³/mol. The van der Waals surface area contributed by atoms with Crippen molar-refractivity contribution in [1.29, 1.82) is 0 Å². The molecule has 16 aromatic rings. The Bertz CT molecular complexity index is 4890. The average molecular weight is 1070 g/mol. The van der Waals surface area contributed by atoms with Crippen LogP contribution in [0.4, 0.5) is 0 Å². The summed E-state index contributed by atoms with van der Waals surface area (Å²) in [7, 11) is 0. The normalized spacial score (nSPS) is 11.8. The standard InChI is InChI=1S/C79H55N5/c1-50-44-51(2)77(52(3)45-50)57-38-43-76-68(46-57)65-28-14-19-33-75(65)84(76)78-66(53-34-39-59(40-35-53)82-71-29-15-10-24-61(71)62-25-11-16-30-72(62)82)47-58(70-49-69(55-20-6-4-7-21-55)80-79(81-70)56-22-8-5-9-23-56)48-67(78)54-36-41-60(42-37-54)83-73-31-17-12-26-63(73)64-27-13-18-32-74(64)83/h4-49H,1-3H3. The maximum atomic E-state index is 5.51. The number of hydrogen-bond acceptors (Lipinski definition) is 2. The number of benzene rings is 12. The minimum atomic E-state index is 0.669. The van der Waals surface area contributed by atoms with Gasteiger partial charge in [0.1, 0.15) is 0 Å². The summed E-state index contributed by atoms with van der Waals surface area (Å²) >= 11 is 0. The molecule has 0 spiro atoms. The molecule has 84 heavy (non-hydrogen) atoms. The van der Waals surface area contributed by atoms with E-state index in [1.54, 1.807) is 0 Å². The van der Waals surface area contributed by atoms with Crippen molar-refractivity contribution in [3.05, 3.63) is 296 Å². The summed E-state index contributed by atoms with van der Waals surface area (Å²) in [4.78, 5) is 10.8. The van der Waals surface area contributed by atoms with Crippen LogP contribution in [0.15, 0.2) is 279 Å². The lowest BCUT2D eigenvalue weighted by molar-refractivity contribution is 1.16. The molecule has 5 heteroatoms. The van der Waals surface area contributed by atoms with Crippen LogP contribution in [0.1, 0.15) is 16.7 Å². The smallest absolute Gasteiger partial charge is 0.160 e. The van der Waals surface area contributed by atoms with Crippen LogP contribution >= 0.6 is 0 Å². The fourth-order valence-electron chi connectivity index (χ4n) is 13.5. The van der Waals surface area contributed by atoms with E-state index < -0.39 is 0 Å². The van der Waals surface area contributed by atoms with Gasteiger partial charge in [0.2, 0.25) is 0 Å².